The number of para-hydroxylation sites is 2. The highest BCUT2D eigenvalue weighted by Crippen LogP contribution is 2.33. The smallest absolute Gasteiger partial charge is 0.264 e. The zero-order valence-electron chi connectivity index (χ0n) is 18.0. The zero-order chi connectivity index (χ0) is 22.3. The number of nitrogens with one attached hydrogen (secondary N) is 1. The zero-order valence-corrected chi connectivity index (χ0v) is 19.7. The minimum Gasteiger partial charge on any atom is -0.492 e. The van der Waals surface area contributed by atoms with Gasteiger partial charge < -0.3 is 10.1 Å². The summed E-state index contributed by atoms with van der Waals surface area (Å²) in [4.78, 5) is 14.0. The van der Waals surface area contributed by atoms with Gasteiger partial charge >= 0.3 is 0 Å². The average molecular weight is 463 g/mol. The molecule has 6 nitrogen and oxygen atoms in total. The van der Waals surface area contributed by atoms with E-state index < -0.39 is 10.0 Å². The fraction of sp³-hybridized carbons (Fsp3) is 0.435. The molecule has 1 saturated carbocycles. The van der Waals surface area contributed by atoms with Crippen molar-refractivity contribution in [1.29, 1.82) is 0 Å². The number of hydrogen-bond donors (Lipinski definition) is 1. The summed E-state index contributed by atoms with van der Waals surface area (Å²) < 4.78 is 34.0. The first kappa shape index (κ1) is 23.5. The van der Waals surface area contributed by atoms with E-state index in [4.69, 9.17) is 4.74 Å². The summed E-state index contributed by atoms with van der Waals surface area (Å²) in [6.07, 6.45) is 7.16. The molecule has 0 aliphatic heterocycles. The van der Waals surface area contributed by atoms with Crippen LogP contribution in [-0.2, 0) is 14.8 Å². The van der Waals surface area contributed by atoms with Crippen molar-refractivity contribution in [3.05, 3.63) is 48.5 Å². The van der Waals surface area contributed by atoms with Crippen LogP contribution in [0.25, 0.3) is 0 Å². The summed E-state index contributed by atoms with van der Waals surface area (Å²) in [6.45, 7) is 1.93. The van der Waals surface area contributed by atoms with Crippen LogP contribution in [-0.4, -0.2) is 39.8 Å². The molecule has 0 atom stereocenters. The van der Waals surface area contributed by atoms with Crippen molar-refractivity contribution in [1.82, 2.24) is 5.32 Å². The largest absolute Gasteiger partial charge is 0.492 e. The number of sulfonamides is 1. The summed E-state index contributed by atoms with van der Waals surface area (Å²) in [6, 6.07) is 13.7. The van der Waals surface area contributed by atoms with E-state index in [9.17, 15) is 13.2 Å². The van der Waals surface area contributed by atoms with Gasteiger partial charge in [-0.15, -0.1) is 11.8 Å². The van der Waals surface area contributed by atoms with Crippen LogP contribution in [0, 0.1) is 0 Å². The second-order valence-corrected chi connectivity index (χ2v) is 10.2. The molecule has 0 bridgehead atoms. The Morgan fingerprint density at radius 1 is 1.10 bits per heavy atom. The van der Waals surface area contributed by atoms with E-state index in [1.807, 2.05) is 13.2 Å². The summed E-state index contributed by atoms with van der Waals surface area (Å²) >= 11 is 1.54. The average Bonchev–Trinajstić information content (AvgIpc) is 2.79. The first-order valence-corrected chi connectivity index (χ1v) is 13.3. The Balaban J connectivity index is 1.94. The normalized spacial score (nSPS) is 14.8. The van der Waals surface area contributed by atoms with E-state index in [0.717, 1.165) is 34.9 Å². The standard InChI is InChI=1S/C23H30N2O4S2/c1-3-29-22-12-8-7-11-21(22)25(17-23(26)24-18-9-5-4-6-10-18)31(27,28)20-15-13-19(30-2)14-16-20/h7-8,11-16,18H,3-6,9-10,17H2,1-2H3,(H,24,26). The first-order chi connectivity index (χ1) is 15.0. The highest BCUT2D eigenvalue weighted by molar-refractivity contribution is 7.98. The van der Waals surface area contributed by atoms with Crippen molar-refractivity contribution in [2.24, 2.45) is 0 Å². The molecule has 0 spiro atoms. The number of hydrogen-bond acceptors (Lipinski definition) is 5. The van der Waals surface area contributed by atoms with E-state index in [1.165, 1.54) is 18.2 Å². The SMILES string of the molecule is CCOc1ccccc1N(CC(=O)NC1CCCCC1)S(=O)(=O)c1ccc(SC)cc1. The summed E-state index contributed by atoms with van der Waals surface area (Å²) in [5, 5.41) is 3.02. The second kappa shape index (κ2) is 10.9. The molecule has 8 heteroatoms. The third-order valence-corrected chi connectivity index (χ3v) is 7.86. The monoisotopic (exact) mass is 462 g/mol. The molecule has 1 N–H and O–H groups in total. The van der Waals surface area contributed by atoms with E-state index in [0.29, 0.717) is 18.0 Å². The van der Waals surface area contributed by atoms with Gasteiger partial charge in [-0.3, -0.25) is 9.10 Å². The van der Waals surface area contributed by atoms with Gasteiger partial charge in [-0.25, -0.2) is 8.42 Å². The van der Waals surface area contributed by atoms with Gasteiger partial charge in [0, 0.05) is 10.9 Å². The quantitative estimate of drug-likeness (QED) is 0.557. The number of amides is 1. The van der Waals surface area contributed by atoms with Gasteiger partial charge in [-0.2, -0.15) is 0 Å². The fourth-order valence-corrected chi connectivity index (χ4v) is 5.61. The van der Waals surface area contributed by atoms with Gasteiger partial charge in [-0.1, -0.05) is 31.4 Å². The number of anilines is 1. The topological polar surface area (TPSA) is 75.7 Å². The number of thioether (sulfide) groups is 1. The molecule has 0 aromatic heterocycles. The number of ether oxygens (including phenoxy) is 1. The molecule has 168 valence electrons. The van der Waals surface area contributed by atoms with Gasteiger partial charge in [0.1, 0.15) is 12.3 Å². The van der Waals surface area contributed by atoms with Gasteiger partial charge in [0.15, 0.2) is 0 Å². The number of carbonyl (C=O) groups excluding carboxylic acids is 1. The van der Waals surface area contributed by atoms with Crippen LogP contribution in [0.15, 0.2) is 58.3 Å². The predicted octanol–water partition coefficient (Wildman–Crippen LogP) is 4.45. The summed E-state index contributed by atoms with van der Waals surface area (Å²) in [5.41, 5.74) is 0.358. The van der Waals surface area contributed by atoms with Crippen LogP contribution < -0.4 is 14.4 Å². The summed E-state index contributed by atoms with van der Waals surface area (Å²) in [5.74, 6) is 0.127. The minimum atomic E-state index is -3.97. The molecule has 1 aliphatic rings. The molecule has 2 aromatic rings. The van der Waals surface area contributed by atoms with E-state index in [1.54, 1.807) is 48.5 Å². The lowest BCUT2D eigenvalue weighted by Gasteiger charge is -2.28. The molecule has 0 radical (unpaired) electrons. The van der Waals surface area contributed by atoms with Gasteiger partial charge in [0.2, 0.25) is 5.91 Å². The molecule has 3 rings (SSSR count). The van der Waals surface area contributed by atoms with Crippen molar-refractivity contribution in [3.8, 4) is 5.75 Å². The van der Waals surface area contributed by atoms with Crippen molar-refractivity contribution in [2.45, 2.75) is 54.9 Å². The molecule has 0 unspecified atom stereocenters. The van der Waals surface area contributed by atoms with Crippen LogP contribution in [0.5, 0.6) is 5.75 Å². The third kappa shape index (κ3) is 5.95. The van der Waals surface area contributed by atoms with Crippen molar-refractivity contribution in [3.63, 3.8) is 0 Å². The molecule has 2 aromatic carbocycles. The Bertz CT molecular complexity index is 971. The first-order valence-electron chi connectivity index (χ1n) is 10.6. The third-order valence-electron chi connectivity index (χ3n) is 5.34. The van der Waals surface area contributed by atoms with Crippen LogP contribution >= 0.6 is 11.8 Å². The Labute approximate surface area is 189 Å². The van der Waals surface area contributed by atoms with Crippen molar-refractivity contribution in [2.75, 3.05) is 23.7 Å². The number of carbonyl (C=O) groups is 1. The van der Waals surface area contributed by atoms with Crippen LogP contribution in [0.2, 0.25) is 0 Å². The Kier molecular flexibility index (Phi) is 8.26. The van der Waals surface area contributed by atoms with Crippen molar-refractivity contribution >= 4 is 33.4 Å². The van der Waals surface area contributed by atoms with Gasteiger partial charge in [0.05, 0.1) is 17.2 Å². The van der Waals surface area contributed by atoms with E-state index in [-0.39, 0.29) is 23.4 Å². The molecule has 0 saturated heterocycles. The van der Waals surface area contributed by atoms with Gasteiger partial charge in [0.25, 0.3) is 10.0 Å². The van der Waals surface area contributed by atoms with Crippen LogP contribution in [0.3, 0.4) is 0 Å². The van der Waals surface area contributed by atoms with Crippen LogP contribution in [0.1, 0.15) is 39.0 Å². The molecule has 1 amide bonds. The molecule has 31 heavy (non-hydrogen) atoms. The molecule has 0 heterocycles. The molecular formula is C23H30N2O4S2. The minimum absolute atomic E-state index is 0.105. The predicted molar refractivity (Wildman–Crippen MR) is 125 cm³/mol. The molecule has 1 aliphatic carbocycles. The highest BCUT2D eigenvalue weighted by Gasteiger charge is 2.30. The Hall–Kier alpha value is -2.19. The van der Waals surface area contributed by atoms with E-state index in [2.05, 4.69) is 5.32 Å². The van der Waals surface area contributed by atoms with Crippen LogP contribution in [0.4, 0.5) is 5.69 Å². The number of nitrogens with zero attached hydrogens (tertiary/aromatic N) is 1. The maximum atomic E-state index is 13.6. The molecular weight excluding hydrogens is 432 g/mol. The van der Waals surface area contributed by atoms with Crippen molar-refractivity contribution < 1.29 is 17.9 Å². The lowest BCUT2D eigenvalue weighted by atomic mass is 9.95. The Morgan fingerprint density at radius 2 is 1.77 bits per heavy atom. The maximum absolute atomic E-state index is 13.6. The Morgan fingerprint density at radius 3 is 2.42 bits per heavy atom. The lowest BCUT2D eigenvalue weighted by Crippen LogP contribution is -2.45. The number of benzene rings is 2. The lowest BCUT2D eigenvalue weighted by molar-refractivity contribution is -0.120. The molecule has 1 fully saturated rings. The van der Waals surface area contributed by atoms with E-state index >= 15 is 0 Å². The number of rotatable bonds is 9. The van der Waals surface area contributed by atoms with Gasteiger partial charge in [-0.05, 0) is 62.4 Å². The maximum Gasteiger partial charge on any atom is 0.264 e. The fourth-order valence-electron chi connectivity index (χ4n) is 3.77. The summed E-state index contributed by atoms with van der Waals surface area (Å²) in [7, 11) is -3.97. The second-order valence-electron chi connectivity index (χ2n) is 7.49. The highest BCUT2D eigenvalue weighted by atomic mass is 32.2.